The summed E-state index contributed by atoms with van der Waals surface area (Å²) < 4.78 is 5.62. The van der Waals surface area contributed by atoms with Gasteiger partial charge in [0.15, 0.2) is 0 Å². The van der Waals surface area contributed by atoms with Crippen LogP contribution in [-0.2, 0) is 4.74 Å². The molecule has 0 saturated carbocycles. The molecule has 68 valence electrons. The number of terminal acetylenes is 1. The van der Waals surface area contributed by atoms with Gasteiger partial charge in [0.2, 0.25) is 0 Å². The van der Waals surface area contributed by atoms with E-state index >= 15 is 0 Å². The van der Waals surface area contributed by atoms with Gasteiger partial charge >= 0.3 is 0 Å². The second-order valence-corrected chi connectivity index (χ2v) is 4.22. The van der Waals surface area contributed by atoms with Crippen molar-refractivity contribution in [2.24, 2.45) is 5.41 Å². The Balaban J connectivity index is 2.35. The lowest BCUT2D eigenvalue weighted by molar-refractivity contribution is -0.00223. The van der Waals surface area contributed by atoms with Gasteiger partial charge in [0.05, 0.1) is 6.10 Å². The zero-order chi connectivity index (χ0) is 9.03. The van der Waals surface area contributed by atoms with Gasteiger partial charge in [-0.1, -0.05) is 0 Å². The van der Waals surface area contributed by atoms with Crippen LogP contribution in [-0.4, -0.2) is 12.7 Å². The minimum Gasteiger partial charge on any atom is -0.378 e. The maximum atomic E-state index is 5.62. The number of rotatable bonds is 2. The van der Waals surface area contributed by atoms with E-state index in [9.17, 15) is 0 Å². The van der Waals surface area contributed by atoms with Crippen LogP contribution in [0.15, 0.2) is 0 Å². The van der Waals surface area contributed by atoms with E-state index in [1.165, 1.54) is 19.3 Å². The molecule has 1 atom stereocenters. The summed E-state index contributed by atoms with van der Waals surface area (Å²) in [6.45, 7) is 5.13. The van der Waals surface area contributed by atoms with Gasteiger partial charge < -0.3 is 4.74 Å². The highest BCUT2D eigenvalue weighted by molar-refractivity contribution is 5.01. The Morgan fingerprint density at radius 3 is 2.75 bits per heavy atom. The van der Waals surface area contributed by atoms with Gasteiger partial charge in [-0.05, 0) is 39.5 Å². The van der Waals surface area contributed by atoms with Crippen LogP contribution < -0.4 is 0 Å². The predicted molar refractivity (Wildman–Crippen MR) is 50.8 cm³/mol. The van der Waals surface area contributed by atoms with Gasteiger partial charge in [0.25, 0.3) is 0 Å². The van der Waals surface area contributed by atoms with E-state index in [1.807, 2.05) is 0 Å². The first-order valence-corrected chi connectivity index (χ1v) is 4.73. The van der Waals surface area contributed by atoms with E-state index in [-0.39, 0.29) is 5.41 Å². The first-order chi connectivity index (χ1) is 5.64. The maximum absolute atomic E-state index is 5.62. The normalized spacial score (nSPS) is 24.9. The third-order valence-electron chi connectivity index (χ3n) is 2.40. The van der Waals surface area contributed by atoms with E-state index < -0.39 is 0 Å². The Kier molecular flexibility index (Phi) is 3.17. The average molecular weight is 166 g/mol. The van der Waals surface area contributed by atoms with E-state index in [0.717, 1.165) is 13.0 Å². The highest BCUT2D eigenvalue weighted by Crippen LogP contribution is 2.27. The molecule has 1 rings (SSSR count). The van der Waals surface area contributed by atoms with Gasteiger partial charge in [0, 0.05) is 12.0 Å². The fourth-order valence-corrected chi connectivity index (χ4v) is 1.60. The minimum atomic E-state index is 0.00199. The highest BCUT2D eigenvalue weighted by atomic mass is 16.5. The monoisotopic (exact) mass is 166 g/mol. The fourth-order valence-electron chi connectivity index (χ4n) is 1.60. The fraction of sp³-hybridized carbons (Fsp3) is 0.818. The Morgan fingerprint density at radius 1 is 1.50 bits per heavy atom. The lowest BCUT2D eigenvalue weighted by Gasteiger charge is -2.28. The number of hydrogen-bond acceptors (Lipinski definition) is 1. The molecule has 0 aromatic heterocycles. The number of hydrogen-bond donors (Lipinski definition) is 0. The van der Waals surface area contributed by atoms with Crippen LogP contribution in [0.3, 0.4) is 0 Å². The van der Waals surface area contributed by atoms with E-state index in [2.05, 4.69) is 19.8 Å². The van der Waals surface area contributed by atoms with Crippen molar-refractivity contribution in [2.75, 3.05) is 6.61 Å². The standard InChI is InChI=1S/C11H18O/c1-4-11(2,3)9-10-7-5-6-8-12-10/h1,10H,5-9H2,2-3H3/t10-/m1/s1. The molecule has 0 aliphatic carbocycles. The Hall–Kier alpha value is -0.480. The van der Waals surface area contributed by atoms with Crippen LogP contribution in [0.1, 0.15) is 39.5 Å². The van der Waals surface area contributed by atoms with Crippen molar-refractivity contribution in [3.05, 3.63) is 0 Å². The molecule has 0 amide bonds. The summed E-state index contributed by atoms with van der Waals surface area (Å²) >= 11 is 0. The first-order valence-electron chi connectivity index (χ1n) is 4.73. The number of ether oxygens (including phenoxy) is 1. The summed E-state index contributed by atoms with van der Waals surface area (Å²) in [6, 6.07) is 0. The lowest BCUT2D eigenvalue weighted by Crippen LogP contribution is -2.25. The molecule has 1 heteroatoms. The van der Waals surface area contributed by atoms with Crippen LogP contribution in [0.25, 0.3) is 0 Å². The molecular formula is C11H18O. The van der Waals surface area contributed by atoms with Gasteiger partial charge in [-0.25, -0.2) is 0 Å². The summed E-state index contributed by atoms with van der Waals surface area (Å²) in [5.41, 5.74) is 0.00199. The topological polar surface area (TPSA) is 9.23 Å². The van der Waals surface area contributed by atoms with E-state index in [0.29, 0.717) is 6.10 Å². The van der Waals surface area contributed by atoms with Gasteiger partial charge in [-0.15, -0.1) is 12.3 Å². The lowest BCUT2D eigenvalue weighted by atomic mass is 9.86. The Bertz CT molecular complexity index is 170. The molecule has 1 saturated heterocycles. The molecule has 0 aromatic carbocycles. The van der Waals surface area contributed by atoms with Gasteiger partial charge in [-0.2, -0.15) is 0 Å². The minimum absolute atomic E-state index is 0.00199. The summed E-state index contributed by atoms with van der Waals surface area (Å²) in [5.74, 6) is 2.81. The maximum Gasteiger partial charge on any atom is 0.0589 e. The molecule has 1 nitrogen and oxygen atoms in total. The third-order valence-corrected chi connectivity index (χ3v) is 2.40. The quantitative estimate of drug-likeness (QED) is 0.573. The molecule has 1 fully saturated rings. The second-order valence-electron chi connectivity index (χ2n) is 4.22. The Morgan fingerprint density at radius 2 is 2.25 bits per heavy atom. The van der Waals surface area contributed by atoms with Crippen LogP contribution in [0.2, 0.25) is 0 Å². The van der Waals surface area contributed by atoms with Crippen molar-refractivity contribution >= 4 is 0 Å². The van der Waals surface area contributed by atoms with Crippen molar-refractivity contribution in [3.63, 3.8) is 0 Å². The van der Waals surface area contributed by atoms with E-state index in [1.54, 1.807) is 0 Å². The third kappa shape index (κ3) is 2.87. The van der Waals surface area contributed by atoms with Crippen molar-refractivity contribution in [1.82, 2.24) is 0 Å². The molecule has 12 heavy (non-hydrogen) atoms. The smallest absolute Gasteiger partial charge is 0.0589 e. The molecule has 0 aromatic rings. The molecular weight excluding hydrogens is 148 g/mol. The van der Waals surface area contributed by atoms with E-state index in [4.69, 9.17) is 11.2 Å². The zero-order valence-electron chi connectivity index (χ0n) is 8.10. The molecule has 0 spiro atoms. The van der Waals surface area contributed by atoms with Crippen LogP contribution in [0, 0.1) is 17.8 Å². The van der Waals surface area contributed by atoms with Crippen molar-refractivity contribution in [1.29, 1.82) is 0 Å². The summed E-state index contributed by atoms with van der Waals surface area (Å²) in [7, 11) is 0. The predicted octanol–water partition coefficient (Wildman–Crippen LogP) is 2.61. The average Bonchev–Trinajstić information content (AvgIpc) is 2.06. The summed E-state index contributed by atoms with van der Waals surface area (Å²) in [5, 5.41) is 0. The summed E-state index contributed by atoms with van der Waals surface area (Å²) in [6.07, 6.45) is 10.5. The van der Waals surface area contributed by atoms with Crippen LogP contribution >= 0.6 is 0 Å². The highest BCUT2D eigenvalue weighted by Gasteiger charge is 2.23. The van der Waals surface area contributed by atoms with Gasteiger partial charge in [0.1, 0.15) is 0 Å². The van der Waals surface area contributed by atoms with Crippen molar-refractivity contribution in [3.8, 4) is 12.3 Å². The molecule has 0 radical (unpaired) electrons. The molecule has 0 unspecified atom stereocenters. The van der Waals surface area contributed by atoms with Crippen molar-refractivity contribution < 1.29 is 4.74 Å². The van der Waals surface area contributed by atoms with Gasteiger partial charge in [-0.3, -0.25) is 0 Å². The molecule has 0 N–H and O–H groups in total. The van der Waals surface area contributed by atoms with Crippen molar-refractivity contribution in [2.45, 2.75) is 45.6 Å². The molecule has 1 aliphatic rings. The second kappa shape index (κ2) is 3.96. The molecule has 1 aliphatic heterocycles. The first kappa shape index (κ1) is 9.61. The zero-order valence-corrected chi connectivity index (χ0v) is 8.10. The van der Waals surface area contributed by atoms with Crippen LogP contribution in [0.5, 0.6) is 0 Å². The summed E-state index contributed by atoms with van der Waals surface area (Å²) in [4.78, 5) is 0. The Labute approximate surface area is 75.5 Å². The SMILES string of the molecule is C#CC(C)(C)C[C@H]1CCCCO1. The molecule has 0 bridgehead atoms. The van der Waals surface area contributed by atoms with Crippen LogP contribution in [0.4, 0.5) is 0 Å². The largest absolute Gasteiger partial charge is 0.378 e. The molecule has 1 heterocycles.